The molecule has 0 fully saturated rings. The monoisotopic (exact) mass is 279 g/mol. The summed E-state index contributed by atoms with van der Waals surface area (Å²) in [6, 6.07) is 12.1. The fraction of sp³-hybridized carbons (Fsp3) is 0. The molecule has 0 aliphatic rings. The first-order valence-electron chi connectivity index (χ1n) is 4.61. The quantitative estimate of drug-likeness (QED) is 0.612. The van der Waals surface area contributed by atoms with E-state index in [1.54, 1.807) is 0 Å². The second-order valence-electron chi connectivity index (χ2n) is 3.48. The van der Waals surface area contributed by atoms with E-state index in [2.05, 4.69) is 27.0 Å². The number of aromatic nitrogens is 1. The molecule has 0 saturated carbocycles. The Balaban J connectivity index is 2.57. The number of nitrogens with one attached hydrogen (secondary N) is 1. The van der Waals surface area contributed by atoms with E-state index in [0.717, 1.165) is 20.5 Å². The van der Waals surface area contributed by atoms with Gasteiger partial charge in [0.2, 0.25) is 0 Å². The zero-order chi connectivity index (χ0) is 10.4. The van der Waals surface area contributed by atoms with Crippen LogP contribution in [0.2, 0.25) is 5.02 Å². The van der Waals surface area contributed by atoms with Crippen molar-refractivity contribution in [2.75, 3.05) is 0 Å². The number of hydrogen-bond donors (Lipinski definition) is 1. The van der Waals surface area contributed by atoms with Gasteiger partial charge in [-0.15, -0.1) is 0 Å². The molecule has 1 aromatic heterocycles. The van der Waals surface area contributed by atoms with Crippen LogP contribution < -0.4 is 0 Å². The number of fused-ring (bicyclic) bond motifs is 3. The largest absolute Gasteiger partial charge is 0.354 e. The molecule has 74 valence electrons. The molecule has 3 rings (SSSR count). The van der Waals surface area contributed by atoms with Crippen molar-refractivity contribution in [3.63, 3.8) is 0 Å². The molecular weight excluding hydrogens is 273 g/mol. The van der Waals surface area contributed by atoms with Gasteiger partial charge in [-0.1, -0.05) is 29.8 Å². The van der Waals surface area contributed by atoms with Crippen molar-refractivity contribution < 1.29 is 0 Å². The smallest absolute Gasteiger partial charge is 0.0609 e. The molecule has 2 aromatic carbocycles. The van der Waals surface area contributed by atoms with Crippen LogP contribution in [0.3, 0.4) is 0 Å². The van der Waals surface area contributed by atoms with Crippen LogP contribution in [0.15, 0.2) is 40.9 Å². The van der Waals surface area contributed by atoms with E-state index >= 15 is 0 Å². The molecular formula is C12H7BrClN. The van der Waals surface area contributed by atoms with Crippen molar-refractivity contribution in [1.29, 1.82) is 0 Å². The Hall–Kier alpha value is -0.990. The van der Waals surface area contributed by atoms with Gasteiger partial charge >= 0.3 is 0 Å². The first-order chi connectivity index (χ1) is 7.25. The molecule has 3 heteroatoms. The molecule has 3 aromatic rings. The van der Waals surface area contributed by atoms with Crippen molar-refractivity contribution in [3.8, 4) is 0 Å². The van der Waals surface area contributed by atoms with Gasteiger partial charge in [0, 0.05) is 25.8 Å². The average Bonchev–Trinajstić information content (AvgIpc) is 2.57. The highest BCUT2D eigenvalue weighted by Gasteiger charge is 2.06. The number of halogens is 2. The first kappa shape index (κ1) is 9.25. The molecule has 0 radical (unpaired) electrons. The lowest BCUT2D eigenvalue weighted by Gasteiger charge is -1.92. The third-order valence-corrected chi connectivity index (χ3v) is 3.44. The molecule has 15 heavy (non-hydrogen) atoms. The van der Waals surface area contributed by atoms with Gasteiger partial charge in [-0.05, 0) is 34.1 Å². The maximum Gasteiger partial charge on any atom is 0.0609 e. The summed E-state index contributed by atoms with van der Waals surface area (Å²) in [6.45, 7) is 0. The molecule has 1 nitrogen and oxygen atoms in total. The molecule has 0 bridgehead atoms. The zero-order valence-corrected chi connectivity index (χ0v) is 10.1. The van der Waals surface area contributed by atoms with Crippen molar-refractivity contribution >= 4 is 49.3 Å². The summed E-state index contributed by atoms with van der Waals surface area (Å²) in [4.78, 5) is 3.36. The Bertz CT molecular complexity index is 657. The number of H-pyrrole nitrogens is 1. The van der Waals surface area contributed by atoms with Crippen LogP contribution in [0.5, 0.6) is 0 Å². The normalized spacial score (nSPS) is 11.3. The summed E-state index contributed by atoms with van der Waals surface area (Å²) in [7, 11) is 0. The van der Waals surface area contributed by atoms with Crippen LogP contribution in [0.4, 0.5) is 0 Å². The van der Waals surface area contributed by atoms with Gasteiger partial charge in [0.1, 0.15) is 0 Å². The predicted octanol–water partition coefficient (Wildman–Crippen LogP) is 4.74. The number of rotatable bonds is 0. The Morgan fingerprint density at radius 3 is 2.80 bits per heavy atom. The lowest BCUT2D eigenvalue weighted by atomic mass is 10.1. The standard InChI is InChI=1S/C12H7BrClN/c13-10-3-1-2-9-8-5-4-7(14)6-11(8)15-12(9)10/h1-6,15H. The fourth-order valence-corrected chi connectivity index (χ4v) is 2.50. The van der Waals surface area contributed by atoms with Crippen LogP contribution >= 0.6 is 27.5 Å². The number of benzene rings is 2. The molecule has 0 spiro atoms. The van der Waals surface area contributed by atoms with Gasteiger partial charge in [0.25, 0.3) is 0 Å². The summed E-state index contributed by atoms with van der Waals surface area (Å²) in [5, 5.41) is 3.18. The SMILES string of the molecule is Clc1ccc2c(c1)[nH]c1c(Br)cccc12. The topological polar surface area (TPSA) is 15.8 Å². The molecule has 0 saturated heterocycles. The van der Waals surface area contributed by atoms with Crippen LogP contribution in [0.1, 0.15) is 0 Å². The van der Waals surface area contributed by atoms with Gasteiger partial charge in [-0.25, -0.2) is 0 Å². The fourth-order valence-electron chi connectivity index (χ4n) is 1.87. The Labute approximate surface area is 100 Å². The van der Waals surface area contributed by atoms with E-state index in [4.69, 9.17) is 11.6 Å². The van der Waals surface area contributed by atoms with Gasteiger partial charge in [0.05, 0.1) is 5.52 Å². The summed E-state index contributed by atoms with van der Waals surface area (Å²) >= 11 is 9.48. The average molecular weight is 281 g/mol. The molecule has 0 aliphatic carbocycles. The third-order valence-electron chi connectivity index (χ3n) is 2.55. The van der Waals surface area contributed by atoms with E-state index in [0.29, 0.717) is 0 Å². The van der Waals surface area contributed by atoms with Crippen LogP contribution in [0.25, 0.3) is 21.8 Å². The Kier molecular flexibility index (Phi) is 2.01. The molecule has 0 unspecified atom stereocenters. The van der Waals surface area contributed by atoms with Crippen molar-refractivity contribution in [2.24, 2.45) is 0 Å². The first-order valence-corrected chi connectivity index (χ1v) is 5.78. The van der Waals surface area contributed by atoms with E-state index in [1.165, 1.54) is 10.8 Å². The predicted molar refractivity (Wildman–Crippen MR) is 68.5 cm³/mol. The highest BCUT2D eigenvalue weighted by Crippen LogP contribution is 2.31. The molecule has 1 heterocycles. The summed E-state index contributed by atoms with van der Waals surface area (Å²) in [5.74, 6) is 0. The van der Waals surface area contributed by atoms with E-state index < -0.39 is 0 Å². The highest BCUT2D eigenvalue weighted by molar-refractivity contribution is 9.10. The van der Waals surface area contributed by atoms with E-state index in [-0.39, 0.29) is 0 Å². The summed E-state index contributed by atoms with van der Waals surface area (Å²) in [6.07, 6.45) is 0. The number of para-hydroxylation sites is 1. The van der Waals surface area contributed by atoms with Gasteiger partial charge in [-0.3, -0.25) is 0 Å². The summed E-state index contributed by atoms with van der Waals surface area (Å²) in [5.41, 5.74) is 2.19. The maximum absolute atomic E-state index is 5.95. The second kappa shape index (κ2) is 3.26. The van der Waals surface area contributed by atoms with Gasteiger partial charge in [-0.2, -0.15) is 0 Å². The van der Waals surface area contributed by atoms with E-state index in [1.807, 2.05) is 30.3 Å². The van der Waals surface area contributed by atoms with Crippen molar-refractivity contribution in [1.82, 2.24) is 4.98 Å². The molecule has 0 atom stereocenters. The highest BCUT2D eigenvalue weighted by atomic mass is 79.9. The van der Waals surface area contributed by atoms with Gasteiger partial charge in [0.15, 0.2) is 0 Å². The number of hydrogen-bond acceptors (Lipinski definition) is 0. The lowest BCUT2D eigenvalue weighted by molar-refractivity contribution is 1.53. The third kappa shape index (κ3) is 1.36. The number of aromatic amines is 1. The minimum Gasteiger partial charge on any atom is -0.354 e. The molecule has 0 aliphatic heterocycles. The minimum atomic E-state index is 0.755. The van der Waals surface area contributed by atoms with Crippen molar-refractivity contribution in [3.05, 3.63) is 45.9 Å². The van der Waals surface area contributed by atoms with Crippen LogP contribution in [-0.4, -0.2) is 4.98 Å². The molecule has 1 N–H and O–H groups in total. The van der Waals surface area contributed by atoms with E-state index in [9.17, 15) is 0 Å². The van der Waals surface area contributed by atoms with Gasteiger partial charge < -0.3 is 4.98 Å². The van der Waals surface area contributed by atoms with Crippen LogP contribution in [-0.2, 0) is 0 Å². The maximum atomic E-state index is 5.95. The Morgan fingerprint density at radius 1 is 1.07 bits per heavy atom. The summed E-state index contributed by atoms with van der Waals surface area (Å²) < 4.78 is 1.08. The zero-order valence-electron chi connectivity index (χ0n) is 7.72. The van der Waals surface area contributed by atoms with Crippen LogP contribution in [0, 0.1) is 0 Å². The van der Waals surface area contributed by atoms with Crippen molar-refractivity contribution in [2.45, 2.75) is 0 Å². The second-order valence-corrected chi connectivity index (χ2v) is 4.77. The Morgan fingerprint density at radius 2 is 1.93 bits per heavy atom. The lowest BCUT2D eigenvalue weighted by Crippen LogP contribution is -1.68. The molecule has 0 amide bonds. The minimum absolute atomic E-state index is 0.755.